The van der Waals surface area contributed by atoms with Crippen LogP contribution in [0.5, 0.6) is 0 Å². The predicted molar refractivity (Wildman–Crippen MR) is 51.6 cm³/mol. The number of nitrogens with zero attached hydrogens (tertiary/aromatic N) is 3. The van der Waals surface area contributed by atoms with Crippen molar-refractivity contribution in [1.29, 1.82) is 0 Å². The van der Waals surface area contributed by atoms with E-state index in [1.165, 1.54) is 0 Å². The zero-order valence-corrected chi connectivity index (χ0v) is 8.11. The van der Waals surface area contributed by atoms with Crippen molar-refractivity contribution in [3.05, 3.63) is 12.3 Å². The van der Waals surface area contributed by atoms with Crippen LogP contribution in [0.15, 0.2) is 12.3 Å². The first-order valence-electron chi connectivity index (χ1n) is 3.32. The Labute approximate surface area is 78.5 Å². The van der Waals surface area contributed by atoms with Gasteiger partial charge in [-0.15, -0.1) is 5.10 Å². The van der Waals surface area contributed by atoms with E-state index in [0.29, 0.717) is 6.17 Å². The number of nitrogens with one attached hydrogen (secondary N) is 1. The van der Waals surface area contributed by atoms with Gasteiger partial charge in [0.2, 0.25) is 0 Å². The molecule has 1 N–H and O–H groups in total. The first-order chi connectivity index (χ1) is 5.29. The highest BCUT2D eigenvalue weighted by atomic mass is 127. The molecule has 1 atom stereocenters. The molecule has 1 aliphatic heterocycles. The maximum atomic E-state index is 4.00. The molecule has 58 valence electrons. The molecule has 2 rings (SSSR count). The summed E-state index contributed by atoms with van der Waals surface area (Å²) < 4.78 is 2.03. The van der Waals surface area contributed by atoms with Crippen LogP contribution in [-0.2, 0) is 0 Å². The molecule has 5 heteroatoms. The van der Waals surface area contributed by atoms with Crippen molar-refractivity contribution in [2.75, 3.05) is 8.43 Å². The summed E-state index contributed by atoms with van der Waals surface area (Å²) in [6.45, 7) is 2.08. The lowest BCUT2D eigenvalue weighted by Gasteiger charge is -2.12. The van der Waals surface area contributed by atoms with E-state index in [2.05, 4.69) is 45.3 Å². The average molecular weight is 262 g/mol. The van der Waals surface area contributed by atoms with E-state index in [4.69, 9.17) is 0 Å². The van der Waals surface area contributed by atoms with Gasteiger partial charge in [-0.3, -0.25) is 3.11 Å². The lowest BCUT2D eigenvalue weighted by Crippen LogP contribution is -2.23. The average Bonchev–Trinajstić information content (AvgIpc) is 2.30. The van der Waals surface area contributed by atoms with Crippen LogP contribution >= 0.6 is 22.9 Å². The Balaban J connectivity index is 2.47. The molecule has 0 fully saturated rings. The monoisotopic (exact) mass is 262 g/mol. The Morgan fingerprint density at radius 1 is 1.73 bits per heavy atom. The fraction of sp³-hybridized carbons (Fsp3) is 0.333. The van der Waals surface area contributed by atoms with Gasteiger partial charge in [0.1, 0.15) is 6.17 Å². The van der Waals surface area contributed by atoms with Crippen molar-refractivity contribution in [2.24, 2.45) is 0 Å². The largest absolute Gasteiger partial charge is 0.362 e. The Kier molecular flexibility index (Phi) is 1.59. The molecule has 1 aliphatic rings. The number of fused-ring (bicyclic) bond motifs is 1. The van der Waals surface area contributed by atoms with Crippen LogP contribution in [0.2, 0.25) is 0 Å². The maximum absolute atomic E-state index is 4.00. The molecule has 0 spiro atoms. The van der Waals surface area contributed by atoms with Gasteiger partial charge in [-0.25, -0.2) is 0 Å². The molecule has 0 saturated carbocycles. The molecule has 0 aromatic carbocycles. The van der Waals surface area contributed by atoms with E-state index in [1.807, 2.05) is 9.18 Å². The van der Waals surface area contributed by atoms with Gasteiger partial charge in [0, 0.05) is 0 Å². The lowest BCUT2D eigenvalue weighted by atomic mass is 10.4. The number of hydrogen-bond acceptors (Lipinski definition) is 4. The molecule has 4 nitrogen and oxygen atoms in total. The van der Waals surface area contributed by atoms with Gasteiger partial charge >= 0.3 is 0 Å². The number of halogens is 1. The Hall–Kier alpha value is -0.590. The zero-order valence-electron chi connectivity index (χ0n) is 5.95. The smallest absolute Gasteiger partial charge is 0.185 e. The van der Waals surface area contributed by atoms with Gasteiger partial charge in [-0.2, -0.15) is 5.10 Å². The standard InChI is InChI=1S/C6H7IN4/c1-4-9-5-2-3-8-10-6(5)11(4)7/h2-4,9H,1H3. The van der Waals surface area contributed by atoms with Crippen molar-refractivity contribution in [2.45, 2.75) is 13.1 Å². The quantitative estimate of drug-likeness (QED) is 0.567. The van der Waals surface area contributed by atoms with Crippen molar-refractivity contribution in [3.63, 3.8) is 0 Å². The van der Waals surface area contributed by atoms with E-state index < -0.39 is 0 Å². The molecule has 1 aromatic rings. The molecule has 0 bridgehead atoms. The summed E-state index contributed by atoms with van der Waals surface area (Å²) in [7, 11) is 0. The second kappa shape index (κ2) is 2.47. The van der Waals surface area contributed by atoms with Gasteiger partial charge in [-0.1, -0.05) is 0 Å². The van der Waals surface area contributed by atoms with Crippen LogP contribution in [0.25, 0.3) is 0 Å². The van der Waals surface area contributed by atoms with Gasteiger partial charge in [0.05, 0.1) is 34.7 Å². The molecule has 0 radical (unpaired) electrons. The Morgan fingerprint density at radius 3 is 3.27 bits per heavy atom. The summed E-state index contributed by atoms with van der Waals surface area (Å²) in [5, 5.41) is 11.1. The van der Waals surface area contributed by atoms with E-state index >= 15 is 0 Å². The minimum atomic E-state index is 0.308. The van der Waals surface area contributed by atoms with Crippen LogP contribution in [0, 0.1) is 0 Å². The van der Waals surface area contributed by atoms with Gasteiger partial charge in [-0.05, 0) is 13.0 Å². The van der Waals surface area contributed by atoms with Gasteiger partial charge in [0.15, 0.2) is 5.82 Å². The van der Waals surface area contributed by atoms with Crippen molar-refractivity contribution >= 4 is 34.4 Å². The summed E-state index contributed by atoms with van der Waals surface area (Å²) in [6.07, 6.45) is 2.00. The minimum absolute atomic E-state index is 0.308. The predicted octanol–water partition coefficient (Wildman–Crippen LogP) is 1.40. The highest BCUT2D eigenvalue weighted by Gasteiger charge is 2.24. The third kappa shape index (κ3) is 1.03. The molecule has 0 amide bonds. The first-order valence-corrected chi connectivity index (χ1v) is 4.29. The van der Waals surface area contributed by atoms with E-state index in [9.17, 15) is 0 Å². The minimum Gasteiger partial charge on any atom is -0.362 e. The Bertz CT molecular complexity index is 277. The number of hydrogen-bond donors (Lipinski definition) is 1. The van der Waals surface area contributed by atoms with Crippen LogP contribution in [0.3, 0.4) is 0 Å². The fourth-order valence-corrected chi connectivity index (χ4v) is 1.56. The normalized spacial score (nSPS) is 21.3. The van der Waals surface area contributed by atoms with E-state index in [0.717, 1.165) is 11.5 Å². The number of aromatic nitrogens is 2. The highest BCUT2D eigenvalue weighted by Crippen LogP contribution is 2.33. The molecule has 2 heterocycles. The topological polar surface area (TPSA) is 41.1 Å². The van der Waals surface area contributed by atoms with Crippen LogP contribution in [0.1, 0.15) is 6.92 Å². The molecule has 0 aliphatic carbocycles. The summed E-state index contributed by atoms with van der Waals surface area (Å²) in [5.74, 6) is 0.917. The van der Waals surface area contributed by atoms with Crippen LogP contribution < -0.4 is 8.43 Å². The van der Waals surface area contributed by atoms with Gasteiger partial charge < -0.3 is 5.32 Å². The molecule has 0 saturated heterocycles. The van der Waals surface area contributed by atoms with E-state index in [1.54, 1.807) is 6.20 Å². The molecular formula is C6H7IN4. The highest BCUT2D eigenvalue weighted by molar-refractivity contribution is 14.1. The van der Waals surface area contributed by atoms with Gasteiger partial charge in [0.25, 0.3) is 0 Å². The van der Waals surface area contributed by atoms with Crippen LogP contribution in [0.4, 0.5) is 11.5 Å². The van der Waals surface area contributed by atoms with Crippen LogP contribution in [-0.4, -0.2) is 16.4 Å². The fourth-order valence-electron chi connectivity index (χ4n) is 1.06. The van der Waals surface area contributed by atoms with Crippen molar-refractivity contribution in [1.82, 2.24) is 10.2 Å². The number of anilines is 2. The molecule has 1 unspecified atom stereocenters. The summed E-state index contributed by atoms with van der Waals surface area (Å²) in [5.41, 5.74) is 1.06. The van der Waals surface area contributed by atoms with Crippen molar-refractivity contribution in [3.8, 4) is 0 Å². The summed E-state index contributed by atoms with van der Waals surface area (Å²) in [4.78, 5) is 0. The third-order valence-electron chi connectivity index (χ3n) is 1.61. The zero-order chi connectivity index (χ0) is 7.84. The molecule has 1 aromatic heterocycles. The first kappa shape index (κ1) is 7.08. The summed E-state index contributed by atoms with van der Waals surface area (Å²) in [6, 6.07) is 1.93. The second-order valence-electron chi connectivity index (χ2n) is 2.40. The lowest BCUT2D eigenvalue weighted by molar-refractivity contribution is 0.896. The summed E-state index contributed by atoms with van der Waals surface area (Å²) >= 11 is 2.22. The maximum Gasteiger partial charge on any atom is 0.185 e. The number of rotatable bonds is 0. The molecule has 11 heavy (non-hydrogen) atoms. The SMILES string of the molecule is CC1Nc2ccnnc2N1I. The second-order valence-corrected chi connectivity index (χ2v) is 3.44. The van der Waals surface area contributed by atoms with E-state index in [-0.39, 0.29) is 0 Å². The third-order valence-corrected chi connectivity index (χ3v) is 2.90. The molecular weight excluding hydrogens is 255 g/mol. The Morgan fingerprint density at radius 2 is 2.55 bits per heavy atom. The van der Waals surface area contributed by atoms with Crippen molar-refractivity contribution < 1.29 is 0 Å².